The fourth-order valence-electron chi connectivity index (χ4n) is 3.55. The SMILES string of the molecule is COc1ccc(CC(=O)Nc2cccc(/C(C)=N/NC(=O)c3ccc(Cn4cc(Br)c([N+](=O)[O-])n4)o3)c2)cc1. The van der Waals surface area contributed by atoms with Crippen LogP contribution >= 0.6 is 15.9 Å². The van der Waals surface area contributed by atoms with E-state index in [1.165, 1.54) is 16.9 Å². The minimum Gasteiger partial charge on any atom is -0.497 e. The molecule has 200 valence electrons. The van der Waals surface area contributed by atoms with Gasteiger partial charge in [0.2, 0.25) is 5.91 Å². The molecule has 12 nitrogen and oxygen atoms in total. The van der Waals surface area contributed by atoms with Crippen LogP contribution in [-0.4, -0.2) is 39.3 Å². The number of nitrogens with zero attached hydrogens (tertiary/aromatic N) is 4. The number of methoxy groups -OCH3 is 1. The molecule has 0 spiro atoms. The van der Waals surface area contributed by atoms with Crippen molar-refractivity contribution in [3.63, 3.8) is 0 Å². The largest absolute Gasteiger partial charge is 0.497 e. The third-order valence-corrected chi connectivity index (χ3v) is 6.05. The fraction of sp³-hybridized carbons (Fsp3) is 0.154. The summed E-state index contributed by atoms with van der Waals surface area (Å²) in [7, 11) is 1.58. The van der Waals surface area contributed by atoms with Crippen LogP contribution in [0.2, 0.25) is 0 Å². The molecule has 4 rings (SSSR count). The minimum atomic E-state index is -0.603. The molecule has 4 aromatic rings. The highest BCUT2D eigenvalue weighted by Gasteiger charge is 2.20. The predicted octanol–water partition coefficient (Wildman–Crippen LogP) is 4.54. The molecule has 0 aliphatic rings. The Balaban J connectivity index is 1.34. The fourth-order valence-corrected chi connectivity index (χ4v) is 4.01. The van der Waals surface area contributed by atoms with Gasteiger partial charge in [-0.1, -0.05) is 24.3 Å². The van der Waals surface area contributed by atoms with Crippen molar-refractivity contribution in [3.8, 4) is 5.75 Å². The van der Waals surface area contributed by atoms with Crippen LogP contribution in [0.1, 0.15) is 34.4 Å². The molecule has 0 aliphatic heterocycles. The lowest BCUT2D eigenvalue weighted by molar-refractivity contribution is -0.390. The first-order valence-corrected chi connectivity index (χ1v) is 12.3. The summed E-state index contributed by atoms with van der Waals surface area (Å²) in [4.78, 5) is 35.3. The van der Waals surface area contributed by atoms with Crippen molar-refractivity contribution in [2.75, 3.05) is 12.4 Å². The normalized spacial score (nSPS) is 11.2. The first-order valence-electron chi connectivity index (χ1n) is 11.6. The van der Waals surface area contributed by atoms with Crippen molar-refractivity contribution in [2.45, 2.75) is 19.9 Å². The number of nitro groups is 1. The molecule has 0 aliphatic carbocycles. The van der Waals surface area contributed by atoms with E-state index in [1.807, 2.05) is 12.1 Å². The standard InChI is InChI=1S/C26H23BrN6O6/c1-16(18-4-3-5-19(13-18)28-24(34)12-17-6-8-20(38-2)9-7-17)29-30-26(35)23-11-10-21(39-23)14-32-15-22(27)25(31-32)33(36)37/h3-11,13,15H,12,14H2,1-2H3,(H,28,34)(H,30,35)/b29-16+. The van der Waals surface area contributed by atoms with Crippen molar-refractivity contribution < 1.29 is 23.7 Å². The average molecular weight is 595 g/mol. The number of benzene rings is 2. The summed E-state index contributed by atoms with van der Waals surface area (Å²) in [6.07, 6.45) is 1.65. The van der Waals surface area contributed by atoms with Crippen LogP contribution in [0.4, 0.5) is 11.5 Å². The molecule has 2 heterocycles. The topological polar surface area (TPSA) is 154 Å². The van der Waals surface area contributed by atoms with E-state index in [9.17, 15) is 19.7 Å². The van der Waals surface area contributed by atoms with Crippen LogP contribution in [0.5, 0.6) is 5.75 Å². The van der Waals surface area contributed by atoms with Gasteiger partial charge >= 0.3 is 11.7 Å². The van der Waals surface area contributed by atoms with E-state index in [0.717, 1.165) is 11.3 Å². The number of rotatable bonds is 10. The number of amides is 2. The highest BCUT2D eigenvalue weighted by atomic mass is 79.9. The van der Waals surface area contributed by atoms with Crippen LogP contribution in [-0.2, 0) is 17.8 Å². The van der Waals surface area contributed by atoms with E-state index in [4.69, 9.17) is 9.15 Å². The van der Waals surface area contributed by atoms with Crippen molar-refractivity contribution in [1.29, 1.82) is 0 Å². The summed E-state index contributed by atoms with van der Waals surface area (Å²) in [5.41, 5.74) is 5.09. The van der Waals surface area contributed by atoms with E-state index < -0.39 is 10.8 Å². The number of hydrazone groups is 1. The maximum Gasteiger partial charge on any atom is 0.404 e. The van der Waals surface area contributed by atoms with Crippen molar-refractivity contribution in [3.05, 3.63) is 104 Å². The lowest BCUT2D eigenvalue weighted by Gasteiger charge is -2.08. The van der Waals surface area contributed by atoms with E-state index in [2.05, 4.69) is 36.9 Å². The average Bonchev–Trinajstić information content (AvgIpc) is 3.54. The number of hydrogen-bond donors (Lipinski definition) is 2. The molecule has 0 bridgehead atoms. The molecule has 0 unspecified atom stereocenters. The van der Waals surface area contributed by atoms with E-state index in [1.54, 1.807) is 56.5 Å². The van der Waals surface area contributed by atoms with Gasteiger partial charge in [-0.25, -0.2) is 5.43 Å². The van der Waals surface area contributed by atoms with Gasteiger partial charge in [-0.15, -0.1) is 0 Å². The molecule has 2 N–H and O–H groups in total. The predicted molar refractivity (Wildman–Crippen MR) is 146 cm³/mol. The van der Waals surface area contributed by atoms with Crippen LogP contribution in [0.25, 0.3) is 0 Å². The Labute approximate surface area is 230 Å². The number of carbonyl (C=O) groups excluding carboxylic acids is 2. The number of halogens is 1. The third kappa shape index (κ3) is 7.17. The minimum absolute atomic E-state index is 0.0156. The second-order valence-corrected chi connectivity index (χ2v) is 9.17. The Hall–Kier alpha value is -4.78. The molecule has 0 saturated heterocycles. The van der Waals surface area contributed by atoms with Gasteiger partial charge in [0.15, 0.2) is 5.76 Å². The number of nitrogens with one attached hydrogen (secondary N) is 2. The molecule has 0 atom stereocenters. The van der Waals surface area contributed by atoms with Gasteiger partial charge in [-0.05, 0) is 75.3 Å². The van der Waals surface area contributed by atoms with Gasteiger partial charge in [0.05, 0.1) is 30.5 Å². The van der Waals surface area contributed by atoms with Gasteiger partial charge in [-0.3, -0.25) is 9.59 Å². The first kappa shape index (κ1) is 27.3. The molecule has 39 heavy (non-hydrogen) atoms. The first-order chi connectivity index (χ1) is 18.7. The van der Waals surface area contributed by atoms with Crippen molar-refractivity contribution in [2.24, 2.45) is 5.10 Å². The molecule has 0 saturated carbocycles. The monoisotopic (exact) mass is 594 g/mol. The van der Waals surface area contributed by atoms with Gasteiger partial charge in [-0.2, -0.15) is 9.78 Å². The quantitative estimate of drug-likeness (QED) is 0.155. The summed E-state index contributed by atoms with van der Waals surface area (Å²) < 4.78 is 12.2. The molecular weight excluding hydrogens is 572 g/mol. The number of aromatic nitrogens is 2. The Morgan fingerprint density at radius 3 is 2.64 bits per heavy atom. The van der Waals surface area contributed by atoms with E-state index >= 15 is 0 Å². The molecule has 2 amide bonds. The smallest absolute Gasteiger partial charge is 0.404 e. The summed E-state index contributed by atoms with van der Waals surface area (Å²) in [6, 6.07) is 17.4. The molecule has 2 aromatic heterocycles. The lowest BCUT2D eigenvalue weighted by Crippen LogP contribution is -2.19. The second-order valence-electron chi connectivity index (χ2n) is 8.31. The maximum absolute atomic E-state index is 12.5. The summed E-state index contributed by atoms with van der Waals surface area (Å²) in [6.45, 7) is 1.81. The van der Waals surface area contributed by atoms with Gasteiger partial charge < -0.3 is 24.6 Å². The zero-order chi connectivity index (χ0) is 27.9. The highest BCUT2D eigenvalue weighted by molar-refractivity contribution is 9.10. The highest BCUT2D eigenvalue weighted by Crippen LogP contribution is 2.23. The lowest BCUT2D eigenvalue weighted by atomic mass is 10.1. The summed E-state index contributed by atoms with van der Waals surface area (Å²) in [5.74, 6) is 0.0519. The van der Waals surface area contributed by atoms with Crippen molar-refractivity contribution >= 4 is 45.0 Å². The number of ether oxygens (including phenoxy) is 1. The van der Waals surface area contributed by atoms with Gasteiger partial charge in [0.1, 0.15) is 22.5 Å². The molecule has 0 fully saturated rings. The van der Waals surface area contributed by atoms with E-state index in [0.29, 0.717) is 22.7 Å². The van der Waals surface area contributed by atoms with Gasteiger partial charge in [0.25, 0.3) is 0 Å². The zero-order valence-electron chi connectivity index (χ0n) is 20.9. The van der Waals surface area contributed by atoms with Crippen molar-refractivity contribution in [1.82, 2.24) is 15.2 Å². The van der Waals surface area contributed by atoms with Gasteiger partial charge in [0, 0.05) is 5.69 Å². The van der Waals surface area contributed by atoms with Crippen LogP contribution in [0.3, 0.4) is 0 Å². The molecular formula is C26H23BrN6O6. The Kier molecular flexibility index (Phi) is 8.51. The van der Waals surface area contributed by atoms with Crippen LogP contribution in [0.15, 0.2) is 80.9 Å². The second kappa shape index (κ2) is 12.2. The molecule has 0 radical (unpaired) electrons. The Morgan fingerprint density at radius 1 is 1.18 bits per heavy atom. The Morgan fingerprint density at radius 2 is 1.95 bits per heavy atom. The number of furan rings is 1. The Bertz CT molecular complexity index is 1540. The maximum atomic E-state index is 12.5. The van der Waals surface area contributed by atoms with E-state index in [-0.39, 0.29) is 34.9 Å². The number of hydrogen-bond acceptors (Lipinski definition) is 8. The van der Waals surface area contributed by atoms with Crippen LogP contribution in [0, 0.1) is 10.1 Å². The number of anilines is 1. The summed E-state index contributed by atoms with van der Waals surface area (Å²) in [5, 5.41) is 21.8. The molecule has 13 heteroatoms. The zero-order valence-corrected chi connectivity index (χ0v) is 22.5. The third-order valence-electron chi connectivity index (χ3n) is 5.49. The number of carbonyl (C=O) groups is 2. The molecule has 2 aromatic carbocycles. The summed E-state index contributed by atoms with van der Waals surface area (Å²) >= 11 is 3.09. The van der Waals surface area contributed by atoms with Crippen LogP contribution < -0.4 is 15.5 Å².